The molecule has 0 spiro atoms. The molecule has 0 rings (SSSR count). The Balaban J connectivity index is -0.0000000362. The first-order valence-corrected chi connectivity index (χ1v) is 4.79. The second-order valence-electron chi connectivity index (χ2n) is 1.29. The zero-order valence-electron chi connectivity index (χ0n) is 9.84. The van der Waals surface area contributed by atoms with Gasteiger partial charge in [-0.1, -0.05) is 0 Å². The topological polar surface area (TPSA) is 185 Å². The minimum absolute atomic E-state index is 1.43. The van der Waals surface area contributed by atoms with Gasteiger partial charge in [-0.2, -0.15) is 35.0 Å². The van der Waals surface area contributed by atoms with Crippen LogP contribution in [-0.2, 0) is 0 Å². The summed E-state index contributed by atoms with van der Waals surface area (Å²) in [5.74, 6) is 0. The van der Waals surface area contributed by atoms with Crippen molar-refractivity contribution in [1.29, 1.82) is 21.0 Å². The molecular weight excluding hydrogens is 252 g/mol. The standard InChI is InChI=1S/4C2H3N.ClHO4/c4*1-2-3;2-1(3,4)5/h4*1H3;(H,2,3,4,5). The molecule has 9 heteroatoms. The molecule has 0 aromatic carbocycles. The maximum atomic E-state index is 8.60. The van der Waals surface area contributed by atoms with Crippen molar-refractivity contribution in [3.8, 4) is 24.3 Å². The Morgan fingerprint density at radius 1 is 0.706 bits per heavy atom. The van der Waals surface area contributed by atoms with Crippen molar-refractivity contribution in [1.82, 2.24) is 0 Å². The Morgan fingerprint density at radius 3 is 0.706 bits per heavy atom. The van der Waals surface area contributed by atoms with Crippen molar-refractivity contribution in [2.24, 2.45) is 0 Å². The molecule has 0 saturated heterocycles. The van der Waals surface area contributed by atoms with Crippen LogP contribution < -0.4 is 14.0 Å². The molecule has 0 bridgehead atoms. The van der Waals surface area contributed by atoms with E-state index in [-0.39, 0.29) is 0 Å². The van der Waals surface area contributed by atoms with Crippen LogP contribution in [0.2, 0.25) is 0 Å². The zero-order valence-corrected chi connectivity index (χ0v) is 10.6. The third-order valence-electron chi connectivity index (χ3n) is 0. The lowest BCUT2D eigenvalue weighted by molar-refractivity contribution is -1.92. The molecule has 0 aromatic heterocycles. The summed E-state index contributed by atoms with van der Waals surface area (Å²) in [5.41, 5.74) is 0. The Labute approximate surface area is 103 Å². The van der Waals surface area contributed by atoms with Gasteiger partial charge in [0.25, 0.3) is 0 Å². The fraction of sp³-hybridized carbons (Fsp3) is 0.500. The van der Waals surface area contributed by atoms with E-state index in [9.17, 15) is 0 Å². The molecule has 0 amide bonds. The first-order valence-electron chi connectivity index (χ1n) is 3.53. The third-order valence-corrected chi connectivity index (χ3v) is 0. The summed E-state index contributed by atoms with van der Waals surface area (Å²) in [6.07, 6.45) is 0. The van der Waals surface area contributed by atoms with Crippen molar-refractivity contribution in [3.05, 3.63) is 0 Å². The van der Waals surface area contributed by atoms with Gasteiger partial charge in [0.15, 0.2) is 0 Å². The average molecular weight is 265 g/mol. The van der Waals surface area contributed by atoms with Gasteiger partial charge in [-0.25, -0.2) is 0 Å². The van der Waals surface area contributed by atoms with Gasteiger partial charge in [-0.15, -0.1) is 0 Å². The van der Waals surface area contributed by atoms with E-state index in [1.165, 1.54) is 27.7 Å². The molecule has 0 saturated carbocycles. The second kappa shape index (κ2) is 36.9. The van der Waals surface area contributed by atoms with Gasteiger partial charge in [0.05, 0.1) is 39.2 Å². The molecule has 0 unspecified atom stereocenters. The van der Waals surface area contributed by atoms with Gasteiger partial charge in [0, 0.05) is 27.7 Å². The molecule has 0 fully saturated rings. The molecule has 96 valence electrons. The molecule has 8 nitrogen and oxygen atoms in total. The summed E-state index contributed by atoms with van der Waals surface area (Å²) in [6, 6.07) is 7.00. The zero-order chi connectivity index (χ0) is 15.3. The van der Waals surface area contributed by atoms with Crippen molar-refractivity contribution in [2.45, 2.75) is 27.7 Å². The van der Waals surface area contributed by atoms with Crippen LogP contribution in [0.15, 0.2) is 0 Å². The first-order chi connectivity index (χ1) is 7.66. The van der Waals surface area contributed by atoms with Crippen LogP contribution in [-0.4, -0.2) is 4.66 Å². The van der Waals surface area contributed by atoms with Crippen LogP contribution in [0.5, 0.6) is 0 Å². The number of hydrogen-bond acceptors (Lipinski definition) is 8. The summed E-state index contributed by atoms with van der Waals surface area (Å²) in [5, 5.41) is 29.3. The van der Waals surface area contributed by atoms with Crippen LogP contribution in [0.3, 0.4) is 0 Å². The smallest absolute Gasteiger partial charge is 0.0777 e. The van der Waals surface area contributed by atoms with Crippen LogP contribution in [0.25, 0.3) is 0 Å². The summed E-state index contributed by atoms with van der Waals surface area (Å²) < 4.78 is 32.7. The molecule has 0 aromatic rings. The molecule has 1 N–H and O–H groups in total. The number of nitrogens with zero attached hydrogens (tertiary/aromatic N) is 4. The molecule has 0 aliphatic heterocycles. The maximum Gasteiger partial charge on any atom is 0.0777 e. The Morgan fingerprint density at radius 2 is 0.706 bits per heavy atom. The molecule has 0 aliphatic carbocycles. The Hall–Kier alpha value is -1.91. The lowest BCUT2D eigenvalue weighted by atomic mass is 11.0. The fourth-order valence-electron chi connectivity index (χ4n) is 0. The summed E-state index contributed by atoms with van der Waals surface area (Å²) >= 11 is 0. The summed E-state index contributed by atoms with van der Waals surface area (Å²) in [7, 11) is -4.69. The van der Waals surface area contributed by atoms with Gasteiger partial charge in [0.2, 0.25) is 0 Å². The van der Waals surface area contributed by atoms with Crippen LogP contribution in [0, 0.1) is 55.6 Å². The normalized spacial score (nSPS) is 5.41. The number of halogens is 1. The van der Waals surface area contributed by atoms with E-state index in [0.29, 0.717) is 0 Å². The highest BCUT2D eigenvalue weighted by molar-refractivity contribution is 4.51. The van der Waals surface area contributed by atoms with Gasteiger partial charge < -0.3 is 0 Å². The maximum absolute atomic E-state index is 8.60. The molecule has 17 heavy (non-hydrogen) atoms. The molecule has 0 heterocycles. The van der Waals surface area contributed by atoms with Gasteiger partial charge in [-0.05, 0) is 0 Å². The van der Waals surface area contributed by atoms with Crippen LogP contribution >= 0.6 is 0 Å². The van der Waals surface area contributed by atoms with Crippen molar-refractivity contribution in [3.63, 3.8) is 0 Å². The van der Waals surface area contributed by atoms with E-state index in [2.05, 4.69) is 0 Å². The first kappa shape index (κ1) is 29.4. The van der Waals surface area contributed by atoms with Crippen molar-refractivity contribution < 1.29 is 28.9 Å². The Bertz CT molecular complexity index is 222. The highest BCUT2D eigenvalue weighted by atomic mass is 35.7. The lowest BCUT2D eigenvalue weighted by Gasteiger charge is -2.03. The van der Waals surface area contributed by atoms with Gasteiger partial charge >= 0.3 is 0 Å². The van der Waals surface area contributed by atoms with E-state index >= 15 is 0 Å². The minimum Gasteiger partial charge on any atom is -0.199 e. The second-order valence-corrected chi connectivity index (χ2v) is 2.08. The molecule has 0 atom stereocenters. The van der Waals surface area contributed by atoms with Crippen molar-refractivity contribution >= 4 is 0 Å². The SMILES string of the molecule is CC#N.CC#N.CC#N.CC#N.[O-][Cl+3]([O-])([O-])O. The summed E-state index contributed by atoms with van der Waals surface area (Å²) in [4.78, 5) is 0. The molecule has 0 aliphatic rings. The minimum atomic E-state index is -4.69. The fourth-order valence-corrected chi connectivity index (χ4v) is 0. The van der Waals surface area contributed by atoms with E-state index < -0.39 is 10.2 Å². The average Bonchev–Trinajstić information content (AvgIpc) is 2.04. The number of nitriles is 4. The van der Waals surface area contributed by atoms with Gasteiger partial charge in [0.1, 0.15) is 0 Å². The predicted molar refractivity (Wildman–Crippen MR) is 47.4 cm³/mol. The lowest BCUT2D eigenvalue weighted by Crippen LogP contribution is -2.58. The van der Waals surface area contributed by atoms with Crippen LogP contribution in [0.4, 0.5) is 0 Å². The summed E-state index contributed by atoms with van der Waals surface area (Å²) in [6.45, 7) is 5.72. The van der Waals surface area contributed by atoms with Gasteiger partial charge in [-0.3, -0.25) is 0 Å². The van der Waals surface area contributed by atoms with Crippen LogP contribution in [0.1, 0.15) is 27.7 Å². The quantitative estimate of drug-likeness (QED) is 0.520. The van der Waals surface area contributed by atoms with E-state index in [1.807, 2.05) is 0 Å². The van der Waals surface area contributed by atoms with E-state index in [1.54, 1.807) is 24.3 Å². The monoisotopic (exact) mass is 264 g/mol. The third kappa shape index (κ3) is 565. The highest BCUT2D eigenvalue weighted by Gasteiger charge is 1.98. The largest absolute Gasteiger partial charge is 0.199 e. The molecule has 0 radical (unpaired) electrons. The number of rotatable bonds is 0. The Kier molecular flexibility index (Phi) is 63.9. The van der Waals surface area contributed by atoms with Crippen molar-refractivity contribution in [2.75, 3.05) is 0 Å². The predicted octanol–water partition coefficient (Wildman–Crippen LogP) is -2.00. The van der Waals surface area contributed by atoms with E-state index in [4.69, 9.17) is 39.7 Å². The highest BCUT2D eigenvalue weighted by Crippen LogP contribution is 1.60. The molecular formula is C8H13ClN4O4. The number of hydrogen-bond donors (Lipinski definition) is 1. The van der Waals surface area contributed by atoms with E-state index in [0.717, 1.165) is 0 Å².